The van der Waals surface area contributed by atoms with Gasteiger partial charge in [0.05, 0.1) is 0 Å². The van der Waals surface area contributed by atoms with E-state index in [9.17, 15) is 0 Å². The first-order chi connectivity index (χ1) is 10.2. The van der Waals surface area contributed by atoms with Gasteiger partial charge in [-0.15, -0.1) is 0 Å². The van der Waals surface area contributed by atoms with E-state index in [2.05, 4.69) is 64.6 Å². The van der Waals surface area contributed by atoms with Crippen molar-refractivity contribution < 1.29 is 4.74 Å². The SMILES string of the molecule is CCCC(CNC1CC1)Oc1ccc2cc(Br)ccc2c1. The Bertz CT molecular complexity index is 609. The minimum absolute atomic E-state index is 0.267. The van der Waals surface area contributed by atoms with Crippen molar-refractivity contribution in [2.45, 2.75) is 44.8 Å². The van der Waals surface area contributed by atoms with Gasteiger partial charge in [-0.2, -0.15) is 0 Å². The fraction of sp³-hybridized carbons (Fsp3) is 0.444. The van der Waals surface area contributed by atoms with Crippen LogP contribution in [0.2, 0.25) is 0 Å². The zero-order valence-electron chi connectivity index (χ0n) is 12.4. The second-order valence-electron chi connectivity index (χ2n) is 5.86. The molecule has 1 unspecified atom stereocenters. The van der Waals surface area contributed by atoms with Crippen molar-refractivity contribution in [3.05, 3.63) is 40.9 Å². The second-order valence-corrected chi connectivity index (χ2v) is 6.78. The minimum atomic E-state index is 0.267. The number of nitrogens with one attached hydrogen (secondary N) is 1. The van der Waals surface area contributed by atoms with Crippen molar-refractivity contribution >= 4 is 26.7 Å². The van der Waals surface area contributed by atoms with Crippen molar-refractivity contribution in [3.63, 3.8) is 0 Å². The van der Waals surface area contributed by atoms with Crippen LogP contribution >= 0.6 is 15.9 Å². The molecule has 112 valence electrons. The number of hydrogen-bond acceptors (Lipinski definition) is 2. The van der Waals surface area contributed by atoms with Gasteiger partial charge < -0.3 is 10.1 Å². The molecule has 0 bridgehead atoms. The normalized spacial score (nSPS) is 16.1. The maximum Gasteiger partial charge on any atom is 0.120 e. The topological polar surface area (TPSA) is 21.3 Å². The number of halogens is 1. The van der Waals surface area contributed by atoms with Crippen molar-refractivity contribution in [2.75, 3.05) is 6.54 Å². The lowest BCUT2D eigenvalue weighted by atomic mass is 10.1. The van der Waals surface area contributed by atoms with E-state index in [1.807, 2.05) is 0 Å². The number of fused-ring (bicyclic) bond motifs is 1. The highest BCUT2D eigenvalue weighted by atomic mass is 79.9. The van der Waals surface area contributed by atoms with E-state index in [4.69, 9.17) is 4.74 Å². The van der Waals surface area contributed by atoms with E-state index in [0.29, 0.717) is 0 Å². The van der Waals surface area contributed by atoms with Crippen molar-refractivity contribution in [2.24, 2.45) is 0 Å². The van der Waals surface area contributed by atoms with E-state index in [-0.39, 0.29) is 6.10 Å². The van der Waals surface area contributed by atoms with Crippen LogP contribution in [-0.2, 0) is 0 Å². The molecular formula is C18H22BrNO. The molecular weight excluding hydrogens is 326 g/mol. The maximum absolute atomic E-state index is 6.20. The predicted molar refractivity (Wildman–Crippen MR) is 92.0 cm³/mol. The molecule has 1 N–H and O–H groups in total. The Morgan fingerprint density at radius 1 is 1.19 bits per heavy atom. The third-order valence-corrected chi connectivity index (χ3v) is 4.39. The van der Waals surface area contributed by atoms with Crippen LogP contribution < -0.4 is 10.1 Å². The molecule has 1 aliphatic carbocycles. The summed E-state index contributed by atoms with van der Waals surface area (Å²) < 4.78 is 7.31. The summed E-state index contributed by atoms with van der Waals surface area (Å²) in [6.07, 6.45) is 5.16. The highest BCUT2D eigenvalue weighted by molar-refractivity contribution is 9.10. The molecule has 0 saturated heterocycles. The van der Waals surface area contributed by atoms with Crippen LogP contribution in [0.5, 0.6) is 5.75 Å². The van der Waals surface area contributed by atoms with Crippen LogP contribution in [-0.4, -0.2) is 18.7 Å². The summed E-state index contributed by atoms with van der Waals surface area (Å²) in [5.41, 5.74) is 0. The van der Waals surface area contributed by atoms with Gasteiger partial charge in [0.25, 0.3) is 0 Å². The third-order valence-electron chi connectivity index (χ3n) is 3.90. The Balaban J connectivity index is 1.69. The van der Waals surface area contributed by atoms with Crippen molar-refractivity contribution in [3.8, 4) is 5.75 Å². The molecule has 21 heavy (non-hydrogen) atoms. The largest absolute Gasteiger partial charge is 0.489 e. The Labute approximate surface area is 135 Å². The second kappa shape index (κ2) is 6.80. The first-order valence-corrected chi connectivity index (χ1v) is 8.63. The quantitative estimate of drug-likeness (QED) is 0.768. The molecule has 0 spiro atoms. The lowest BCUT2D eigenvalue weighted by molar-refractivity contribution is 0.186. The summed E-state index contributed by atoms with van der Waals surface area (Å²) in [6, 6.07) is 13.4. The van der Waals surface area contributed by atoms with Crippen LogP contribution in [0.4, 0.5) is 0 Å². The van der Waals surface area contributed by atoms with Crippen LogP contribution in [0.1, 0.15) is 32.6 Å². The Morgan fingerprint density at radius 2 is 1.95 bits per heavy atom. The molecule has 0 heterocycles. The smallest absolute Gasteiger partial charge is 0.120 e. The lowest BCUT2D eigenvalue weighted by Gasteiger charge is -2.19. The maximum atomic E-state index is 6.20. The van der Waals surface area contributed by atoms with Gasteiger partial charge >= 0.3 is 0 Å². The molecule has 0 aliphatic heterocycles. The average molecular weight is 348 g/mol. The fourth-order valence-corrected chi connectivity index (χ4v) is 2.95. The van der Waals surface area contributed by atoms with Gasteiger partial charge in [-0.3, -0.25) is 0 Å². The molecule has 2 nitrogen and oxygen atoms in total. The molecule has 0 radical (unpaired) electrons. The lowest BCUT2D eigenvalue weighted by Crippen LogP contribution is -2.32. The van der Waals surface area contributed by atoms with E-state index < -0.39 is 0 Å². The van der Waals surface area contributed by atoms with Gasteiger partial charge in [-0.05, 0) is 54.3 Å². The molecule has 3 heteroatoms. The van der Waals surface area contributed by atoms with E-state index in [1.54, 1.807) is 0 Å². The average Bonchev–Trinajstić information content (AvgIpc) is 3.29. The van der Waals surface area contributed by atoms with Crippen LogP contribution in [0.15, 0.2) is 40.9 Å². The summed E-state index contributed by atoms with van der Waals surface area (Å²) in [4.78, 5) is 0. The first-order valence-electron chi connectivity index (χ1n) is 7.84. The molecule has 1 fully saturated rings. The number of benzene rings is 2. The summed E-state index contributed by atoms with van der Waals surface area (Å²) >= 11 is 3.51. The first kappa shape index (κ1) is 14.9. The molecule has 2 aromatic carbocycles. The number of ether oxygens (including phenoxy) is 1. The van der Waals surface area contributed by atoms with Crippen LogP contribution in [0.3, 0.4) is 0 Å². The minimum Gasteiger partial charge on any atom is -0.489 e. The molecule has 1 atom stereocenters. The molecule has 3 rings (SSSR count). The van der Waals surface area contributed by atoms with Crippen molar-refractivity contribution in [1.82, 2.24) is 5.32 Å². The van der Waals surface area contributed by atoms with Crippen LogP contribution in [0, 0.1) is 0 Å². The van der Waals surface area contributed by atoms with Gasteiger partial charge in [0.15, 0.2) is 0 Å². The van der Waals surface area contributed by atoms with Gasteiger partial charge in [0.2, 0.25) is 0 Å². The molecule has 0 amide bonds. The van der Waals surface area contributed by atoms with Gasteiger partial charge in [0.1, 0.15) is 11.9 Å². The monoisotopic (exact) mass is 347 g/mol. The highest BCUT2D eigenvalue weighted by Gasteiger charge is 2.22. The summed E-state index contributed by atoms with van der Waals surface area (Å²) in [5.74, 6) is 0.973. The third kappa shape index (κ3) is 4.21. The fourth-order valence-electron chi connectivity index (χ4n) is 2.57. The summed E-state index contributed by atoms with van der Waals surface area (Å²) in [7, 11) is 0. The van der Waals surface area contributed by atoms with E-state index in [1.165, 1.54) is 23.6 Å². The molecule has 1 aliphatic rings. The molecule has 2 aromatic rings. The summed E-state index contributed by atoms with van der Waals surface area (Å²) in [5, 5.41) is 6.03. The number of hydrogen-bond donors (Lipinski definition) is 1. The Hall–Kier alpha value is -1.06. The van der Waals surface area contributed by atoms with Gasteiger partial charge in [0, 0.05) is 17.1 Å². The number of rotatable bonds is 7. The Kier molecular flexibility index (Phi) is 4.81. The van der Waals surface area contributed by atoms with E-state index in [0.717, 1.165) is 35.7 Å². The Morgan fingerprint density at radius 3 is 2.71 bits per heavy atom. The molecule has 0 aromatic heterocycles. The van der Waals surface area contributed by atoms with Gasteiger partial charge in [-0.25, -0.2) is 0 Å². The zero-order chi connectivity index (χ0) is 14.7. The van der Waals surface area contributed by atoms with Crippen molar-refractivity contribution in [1.29, 1.82) is 0 Å². The summed E-state index contributed by atoms with van der Waals surface area (Å²) in [6.45, 7) is 3.17. The standard InChI is InChI=1S/C18H22BrNO/c1-2-3-18(12-20-16-7-8-16)21-17-9-5-13-10-15(19)6-4-14(13)11-17/h4-6,9-11,16,18,20H,2-3,7-8,12H2,1H3. The predicted octanol–water partition coefficient (Wildman–Crippen LogP) is 4.90. The highest BCUT2D eigenvalue weighted by Crippen LogP contribution is 2.25. The van der Waals surface area contributed by atoms with Crippen LogP contribution in [0.25, 0.3) is 10.8 Å². The van der Waals surface area contributed by atoms with E-state index >= 15 is 0 Å². The molecule has 1 saturated carbocycles. The van der Waals surface area contributed by atoms with Gasteiger partial charge in [-0.1, -0.05) is 41.4 Å². The zero-order valence-corrected chi connectivity index (χ0v) is 14.0.